The zero-order valence-electron chi connectivity index (χ0n) is 15.2. The number of hydrogen-bond donors (Lipinski definition) is 2. The largest absolute Gasteiger partial charge is 0.492 e. The monoisotopic (exact) mass is 383 g/mol. The Morgan fingerprint density at radius 3 is 2.78 bits per heavy atom. The summed E-state index contributed by atoms with van der Waals surface area (Å²) in [6.07, 6.45) is 0. The first kappa shape index (κ1) is 19.0. The second-order valence-electron chi connectivity index (χ2n) is 5.90. The highest BCUT2D eigenvalue weighted by molar-refractivity contribution is 8.00. The van der Waals surface area contributed by atoms with Gasteiger partial charge in [0.2, 0.25) is 5.91 Å². The van der Waals surface area contributed by atoms with E-state index in [1.54, 1.807) is 12.1 Å². The van der Waals surface area contributed by atoms with E-state index in [1.807, 2.05) is 50.2 Å². The minimum Gasteiger partial charge on any atom is -0.492 e. The summed E-state index contributed by atoms with van der Waals surface area (Å²) in [5.41, 5.74) is 1.13. The molecule has 0 aliphatic heterocycles. The molecule has 0 aliphatic carbocycles. The summed E-state index contributed by atoms with van der Waals surface area (Å²) in [7, 11) is 0. The second-order valence-corrected chi connectivity index (χ2v) is 7.23. The molecule has 6 nitrogen and oxygen atoms in total. The van der Waals surface area contributed by atoms with Crippen LogP contribution in [0.1, 0.15) is 24.9 Å². The van der Waals surface area contributed by atoms with Gasteiger partial charge in [0.15, 0.2) is 0 Å². The molecule has 0 saturated heterocycles. The highest BCUT2D eigenvalue weighted by Gasteiger charge is 2.14. The number of carbonyl (C=O) groups is 1. The Bertz CT molecular complexity index is 1000. The molecule has 3 rings (SSSR count). The fraction of sp³-hybridized carbons (Fsp3) is 0.250. The number of nitrogens with one attached hydrogen (secondary N) is 2. The number of aromatic amines is 1. The average molecular weight is 383 g/mol. The lowest BCUT2D eigenvalue weighted by Crippen LogP contribution is -2.17. The lowest BCUT2D eigenvalue weighted by Gasteiger charge is -2.13. The summed E-state index contributed by atoms with van der Waals surface area (Å²) in [4.78, 5) is 31.8. The van der Waals surface area contributed by atoms with E-state index in [0.717, 1.165) is 0 Å². The molecular formula is C20H21N3O3S. The van der Waals surface area contributed by atoms with Gasteiger partial charge in [-0.3, -0.25) is 9.59 Å². The lowest BCUT2D eigenvalue weighted by atomic mass is 10.2. The number of amides is 1. The first-order valence-electron chi connectivity index (χ1n) is 8.70. The van der Waals surface area contributed by atoms with Gasteiger partial charge in [-0.2, -0.15) is 0 Å². The fourth-order valence-electron chi connectivity index (χ4n) is 2.61. The van der Waals surface area contributed by atoms with Gasteiger partial charge in [-0.05, 0) is 38.1 Å². The smallest absolute Gasteiger partial charge is 0.258 e. The third-order valence-electron chi connectivity index (χ3n) is 3.94. The van der Waals surface area contributed by atoms with E-state index in [0.29, 0.717) is 34.8 Å². The number of anilines is 1. The van der Waals surface area contributed by atoms with Crippen LogP contribution < -0.4 is 15.6 Å². The summed E-state index contributed by atoms with van der Waals surface area (Å²) in [5, 5.41) is 3.30. The minimum atomic E-state index is -0.168. The molecule has 0 bridgehead atoms. The van der Waals surface area contributed by atoms with Crippen LogP contribution in [0, 0.1) is 0 Å². The first-order chi connectivity index (χ1) is 13.1. The Morgan fingerprint density at radius 1 is 1.22 bits per heavy atom. The van der Waals surface area contributed by atoms with Gasteiger partial charge in [0, 0.05) is 0 Å². The van der Waals surface area contributed by atoms with Gasteiger partial charge < -0.3 is 15.0 Å². The molecule has 140 valence electrons. The van der Waals surface area contributed by atoms with Crippen molar-refractivity contribution in [3.05, 3.63) is 64.7 Å². The molecule has 1 amide bonds. The van der Waals surface area contributed by atoms with Crippen molar-refractivity contribution in [3.8, 4) is 5.75 Å². The van der Waals surface area contributed by atoms with Crippen LogP contribution >= 0.6 is 11.8 Å². The van der Waals surface area contributed by atoms with E-state index in [-0.39, 0.29) is 22.5 Å². The molecule has 0 fully saturated rings. The number of thioether (sulfide) groups is 1. The molecule has 2 aromatic carbocycles. The molecule has 3 aromatic rings. The maximum Gasteiger partial charge on any atom is 0.258 e. The molecular weight excluding hydrogens is 362 g/mol. The zero-order valence-corrected chi connectivity index (χ0v) is 16.0. The standard InChI is InChI=1S/C20H21N3O3S/c1-3-26-17-11-7-6-10-16(17)21-18(24)12-27-13(2)19-22-15-9-5-4-8-14(15)20(25)23-19/h4-11,13H,3,12H2,1-2H3,(H,21,24)(H,22,23,25)/t13-/m0/s1. The van der Waals surface area contributed by atoms with Crippen molar-refractivity contribution in [1.82, 2.24) is 9.97 Å². The normalized spacial score (nSPS) is 11.9. The quantitative estimate of drug-likeness (QED) is 0.649. The third kappa shape index (κ3) is 4.68. The molecule has 27 heavy (non-hydrogen) atoms. The molecule has 0 radical (unpaired) electrons. The number of aromatic nitrogens is 2. The van der Waals surface area contributed by atoms with Crippen molar-refractivity contribution in [2.75, 3.05) is 17.7 Å². The molecule has 2 N–H and O–H groups in total. The summed E-state index contributed by atoms with van der Waals surface area (Å²) >= 11 is 1.41. The number of benzene rings is 2. The molecule has 0 aliphatic rings. The highest BCUT2D eigenvalue weighted by Crippen LogP contribution is 2.27. The Kier molecular flexibility index (Phi) is 6.13. The van der Waals surface area contributed by atoms with Gasteiger partial charge >= 0.3 is 0 Å². The summed E-state index contributed by atoms with van der Waals surface area (Å²) in [5.74, 6) is 1.30. The average Bonchev–Trinajstić information content (AvgIpc) is 2.68. The van der Waals surface area contributed by atoms with E-state index in [9.17, 15) is 9.59 Å². The van der Waals surface area contributed by atoms with Crippen molar-refractivity contribution in [2.24, 2.45) is 0 Å². The van der Waals surface area contributed by atoms with Crippen LogP contribution in [-0.2, 0) is 4.79 Å². The zero-order chi connectivity index (χ0) is 19.2. The molecule has 0 saturated carbocycles. The maximum absolute atomic E-state index is 12.3. The van der Waals surface area contributed by atoms with Crippen LogP contribution in [0.3, 0.4) is 0 Å². The molecule has 7 heteroatoms. The van der Waals surface area contributed by atoms with Crippen LogP contribution in [-0.4, -0.2) is 28.2 Å². The van der Waals surface area contributed by atoms with Crippen molar-refractivity contribution in [2.45, 2.75) is 19.1 Å². The topological polar surface area (TPSA) is 84.1 Å². The van der Waals surface area contributed by atoms with Crippen LogP contribution in [0.25, 0.3) is 10.9 Å². The van der Waals surface area contributed by atoms with E-state index >= 15 is 0 Å². The minimum absolute atomic E-state index is 0.129. The van der Waals surface area contributed by atoms with Crippen LogP contribution in [0.5, 0.6) is 5.75 Å². The van der Waals surface area contributed by atoms with E-state index in [1.165, 1.54) is 11.8 Å². The van der Waals surface area contributed by atoms with Crippen LogP contribution in [0.4, 0.5) is 5.69 Å². The number of para-hydroxylation sites is 3. The Balaban J connectivity index is 1.65. The number of rotatable bonds is 7. The number of fused-ring (bicyclic) bond motifs is 1. The first-order valence-corrected chi connectivity index (χ1v) is 9.75. The SMILES string of the molecule is CCOc1ccccc1NC(=O)CS[C@@H](C)c1nc2ccccc2c(=O)[nH]1. The van der Waals surface area contributed by atoms with E-state index in [2.05, 4.69) is 15.3 Å². The predicted octanol–water partition coefficient (Wildman–Crippen LogP) is 3.75. The highest BCUT2D eigenvalue weighted by atomic mass is 32.2. The van der Waals surface area contributed by atoms with Gasteiger partial charge in [-0.1, -0.05) is 24.3 Å². The lowest BCUT2D eigenvalue weighted by molar-refractivity contribution is -0.113. The van der Waals surface area contributed by atoms with Gasteiger partial charge in [0.05, 0.1) is 34.2 Å². The number of carbonyl (C=O) groups excluding carboxylic acids is 1. The van der Waals surface area contributed by atoms with Gasteiger partial charge in [0.25, 0.3) is 5.56 Å². The van der Waals surface area contributed by atoms with Crippen molar-refractivity contribution in [1.29, 1.82) is 0 Å². The van der Waals surface area contributed by atoms with Crippen LogP contribution in [0.2, 0.25) is 0 Å². The van der Waals surface area contributed by atoms with Crippen molar-refractivity contribution >= 4 is 34.3 Å². The van der Waals surface area contributed by atoms with Gasteiger partial charge in [0.1, 0.15) is 11.6 Å². The summed E-state index contributed by atoms with van der Waals surface area (Å²) in [6, 6.07) is 14.5. The van der Waals surface area contributed by atoms with Crippen molar-refractivity contribution in [3.63, 3.8) is 0 Å². The Hall–Kier alpha value is -2.80. The maximum atomic E-state index is 12.3. The summed E-state index contributed by atoms with van der Waals surface area (Å²) < 4.78 is 5.52. The third-order valence-corrected chi connectivity index (χ3v) is 5.09. The number of ether oxygens (including phenoxy) is 1. The van der Waals surface area contributed by atoms with Crippen molar-refractivity contribution < 1.29 is 9.53 Å². The van der Waals surface area contributed by atoms with E-state index in [4.69, 9.17) is 4.74 Å². The van der Waals surface area contributed by atoms with Gasteiger partial charge in [-0.15, -0.1) is 11.8 Å². The summed E-state index contributed by atoms with van der Waals surface area (Å²) in [6.45, 7) is 4.34. The molecule has 1 aromatic heterocycles. The molecule has 1 heterocycles. The van der Waals surface area contributed by atoms with Gasteiger partial charge in [-0.25, -0.2) is 4.98 Å². The number of H-pyrrole nitrogens is 1. The molecule has 1 atom stereocenters. The molecule has 0 spiro atoms. The Morgan fingerprint density at radius 2 is 1.96 bits per heavy atom. The number of nitrogens with zero attached hydrogens (tertiary/aromatic N) is 1. The number of hydrogen-bond acceptors (Lipinski definition) is 5. The second kappa shape index (κ2) is 8.73. The van der Waals surface area contributed by atoms with E-state index < -0.39 is 0 Å². The molecule has 0 unspecified atom stereocenters. The predicted molar refractivity (Wildman–Crippen MR) is 109 cm³/mol. The Labute approximate surface area is 161 Å². The fourth-order valence-corrected chi connectivity index (χ4v) is 3.36. The van der Waals surface area contributed by atoms with Crippen LogP contribution in [0.15, 0.2) is 53.3 Å².